The van der Waals surface area contributed by atoms with E-state index in [0.717, 1.165) is 18.8 Å². The second kappa shape index (κ2) is 5.19. The molecule has 1 aromatic rings. The third-order valence-corrected chi connectivity index (χ3v) is 3.72. The summed E-state index contributed by atoms with van der Waals surface area (Å²) in [6.07, 6.45) is 1.17. The van der Waals surface area contributed by atoms with Crippen LogP contribution in [0.2, 0.25) is 0 Å². The van der Waals surface area contributed by atoms with E-state index >= 15 is 0 Å². The number of hydrogen-bond acceptors (Lipinski definition) is 3. The van der Waals surface area contributed by atoms with Gasteiger partial charge < -0.3 is 15.0 Å². The number of ether oxygens (including phenoxy) is 1. The van der Waals surface area contributed by atoms with Gasteiger partial charge in [-0.25, -0.2) is 0 Å². The summed E-state index contributed by atoms with van der Waals surface area (Å²) in [5.41, 5.74) is 1.36. The molecule has 1 N–H and O–H groups in total. The lowest BCUT2D eigenvalue weighted by molar-refractivity contribution is 0.411. The number of methoxy groups -OCH3 is 1. The zero-order valence-electron chi connectivity index (χ0n) is 11.9. The van der Waals surface area contributed by atoms with Crippen LogP contribution in [0.15, 0.2) is 24.3 Å². The van der Waals surface area contributed by atoms with Crippen LogP contribution in [0.25, 0.3) is 0 Å². The maximum Gasteiger partial charge on any atom is 0.120 e. The molecule has 0 aliphatic carbocycles. The number of nitrogens with zero attached hydrogens (tertiary/aromatic N) is 1. The molecule has 1 aromatic carbocycles. The Morgan fingerprint density at radius 1 is 1.39 bits per heavy atom. The van der Waals surface area contributed by atoms with Gasteiger partial charge in [0, 0.05) is 29.9 Å². The molecule has 100 valence electrons. The van der Waals surface area contributed by atoms with Crippen molar-refractivity contribution in [2.45, 2.75) is 38.8 Å². The number of nitrogens with one attached hydrogen (secondary N) is 1. The lowest BCUT2D eigenvalue weighted by Crippen LogP contribution is -2.51. The lowest BCUT2D eigenvalue weighted by atomic mass is 9.99. The molecule has 1 fully saturated rings. The highest BCUT2D eigenvalue weighted by atomic mass is 16.5. The third-order valence-electron chi connectivity index (χ3n) is 3.72. The lowest BCUT2D eigenvalue weighted by Gasteiger charge is -2.42. The van der Waals surface area contributed by atoms with Crippen molar-refractivity contribution in [1.29, 1.82) is 0 Å². The van der Waals surface area contributed by atoms with Gasteiger partial charge in [-0.1, -0.05) is 6.07 Å². The molecular formula is C15H24N2O. The second-order valence-corrected chi connectivity index (χ2v) is 5.70. The van der Waals surface area contributed by atoms with Crippen LogP contribution in [0.4, 0.5) is 5.69 Å². The second-order valence-electron chi connectivity index (χ2n) is 5.70. The summed E-state index contributed by atoms with van der Waals surface area (Å²) in [4.78, 5) is 2.51. The molecule has 0 amide bonds. The van der Waals surface area contributed by atoms with E-state index in [0.29, 0.717) is 6.04 Å². The Kier molecular flexibility index (Phi) is 3.81. The Bertz CT molecular complexity index is 403. The Morgan fingerprint density at radius 3 is 2.89 bits per heavy atom. The first kappa shape index (κ1) is 13.2. The van der Waals surface area contributed by atoms with Crippen LogP contribution < -0.4 is 15.0 Å². The molecule has 3 heteroatoms. The van der Waals surface area contributed by atoms with Gasteiger partial charge in [0.2, 0.25) is 0 Å². The molecule has 0 radical (unpaired) electrons. The fraction of sp³-hybridized carbons (Fsp3) is 0.600. The van der Waals surface area contributed by atoms with Crippen LogP contribution in [0, 0.1) is 0 Å². The van der Waals surface area contributed by atoms with E-state index < -0.39 is 0 Å². The number of rotatable bonds is 2. The first-order valence-electron chi connectivity index (χ1n) is 6.69. The van der Waals surface area contributed by atoms with Crippen LogP contribution in [0.5, 0.6) is 5.75 Å². The zero-order chi connectivity index (χ0) is 13.2. The molecule has 2 rings (SSSR count). The van der Waals surface area contributed by atoms with Crippen LogP contribution in [-0.2, 0) is 0 Å². The van der Waals surface area contributed by atoms with Gasteiger partial charge in [-0.15, -0.1) is 0 Å². The first-order chi connectivity index (χ1) is 8.54. The van der Waals surface area contributed by atoms with Gasteiger partial charge in [0.05, 0.1) is 7.11 Å². The highest BCUT2D eigenvalue weighted by molar-refractivity contribution is 5.54. The molecule has 0 spiro atoms. The van der Waals surface area contributed by atoms with Crippen molar-refractivity contribution in [3.63, 3.8) is 0 Å². The average Bonchev–Trinajstić information content (AvgIpc) is 2.47. The quantitative estimate of drug-likeness (QED) is 0.871. The standard InChI is InChI=1S/C15H24N2O/c1-12-8-9-16-11-15(2,3)17(12)13-6-5-7-14(10-13)18-4/h5-7,10,12,16H,8-9,11H2,1-4H3. The fourth-order valence-electron chi connectivity index (χ4n) is 2.88. The summed E-state index contributed by atoms with van der Waals surface area (Å²) < 4.78 is 5.34. The Labute approximate surface area is 110 Å². The molecule has 0 saturated carbocycles. The normalized spacial score (nSPS) is 23.6. The number of hydrogen-bond donors (Lipinski definition) is 1. The van der Waals surface area contributed by atoms with Crippen LogP contribution in [0.1, 0.15) is 27.2 Å². The smallest absolute Gasteiger partial charge is 0.120 e. The molecular weight excluding hydrogens is 224 g/mol. The maximum absolute atomic E-state index is 5.34. The van der Waals surface area contributed by atoms with Gasteiger partial charge in [-0.2, -0.15) is 0 Å². The van der Waals surface area contributed by atoms with Crippen molar-refractivity contribution in [2.75, 3.05) is 25.1 Å². The zero-order valence-corrected chi connectivity index (χ0v) is 11.9. The van der Waals surface area contributed by atoms with Crippen molar-refractivity contribution >= 4 is 5.69 Å². The van der Waals surface area contributed by atoms with E-state index in [1.165, 1.54) is 12.1 Å². The molecule has 0 bridgehead atoms. The maximum atomic E-state index is 5.34. The van der Waals surface area contributed by atoms with Crippen molar-refractivity contribution in [3.8, 4) is 5.75 Å². The van der Waals surface area contributed by atoms with Crippen LogP contribution in [-0.4, -0.2) is 31.8 Å². The van der Waals surface area contributed by atoms with E-state index in [4.69, 9.17) is 4.74 Å². The van der Waals surface area contributed by atoms with E-state index in [-0.39, 0.29) is 5.54 Å². The largest absolute Gasteiger partial charge is 0.497 e. The molecule has 1 saturated heterocycles. The minimum Gasteiger partial charge on any atom is -0.497 e. The predicted molar refractivity (Wildman–Crippen MR) is 76.5 cm³/mol. The topological polar surface area (TPSA) is 24.5 Å². The van der Waals surface area contributed by atoms with Crippen molar-refractivity contribution in [3.05, 3.63) is 24.3 Å². The highest BCUT2D eigenvalue weighted by Crippen LogP contribution is 2.31. The highest BCUT2D eigenvalue weighted by Gasteiger charge is 2.32. The minimum absolute atomic E-state index is 0.113. The van der Waals surface area contributed by atoms with E-state index in [1.54, 1.807) is 7.11 Å². The Hall–Kier alpha value is -1.22. The molecule has 1 aliphatic heterocycles. The molecule has 1 heterocycles. The summed E-state index contributed by atoms with van der Waals surface area (Å²) in [6, 6.07) is 8.89. The summed E-state index contributed by atoms with van der Waals surface area (Å²) in [5, 5.41) is 3.52. The summed E-state index contributed by atoms with van der Waals surface area (Å²) in [6.45, 7) is 8.98. The summed E-state index contributed by atoms with van der Waals surface area (Å²) in [5.74, 6) is 0.924. The van der Waals surface area contributed by atoms with E-state index in [2.05, 4.69) is 49.2 Å². The number of anilines is 1. The molecule has 1 atom stereocenters. The number of benzene rings is 1. The van der Waals surface area contributed by atoms with Crippen molar-refractivity contribution in [1.82, 2.24) is 5.32 Å². The van der Waals surface area contributed by atoms with Gasteiger partial charge >= 0.3 is 0 Å². The van der Waals surface area contributed by atoms with Gasteiger partial charge in [-0.05, 0) is 45.9 Å². The summed E-state index contributed by atoms with van der Waals surface area (Å²) in [7, 11) is 1.72. The SMILES string of the molecule is COc1cccc(N2C(C)CCNCC2(C)C)c1. The predicted octanol–water partition coefficient (Wildman–Crippen LogP) is 2.66. The third kappa shape index (κ3) is 2.61. The molecule has 18 heavy (non-hydrogen) atoms. The van der Waals surface area contributed by atoms with Gasteiger partial charge in [0.1, 0.15) is 5.75 Å². The van der Waals surface area contributed by atoms with Crippen LogP contribution in [0.3, 0.4) is 0 Å². The molecule has 1 aliphatic rings. The average molecular weight is 248 g/mol. The Balaban J connectivity index is 2.37. The van der Waals surface area contributed by atoms with Gasteiger partial charge in [0.15, 0.2) is 0 Å². The Morgan fingerprint density at radius 2 is 2.17 bits per heavy atom. The van der Waals surface area contributed by atoms with Gasteiger partial charge in [0.25, 0.3) is 0 Å². The van der Waals surface area contributed by atoms with Crippen molar-refractivity contribution < 1.29 is 4.74 Å². The molecule has 3 nitrogen and oxygen atoms in total. The van der Waals surface area contributed by atoms with E-state index in [1.807, 2.05) is 6.07 Å². The summed E-state index contributed by atoms with van der Waals surface area (Å²) >= 11 is 0. The first-order valence-corrected chi connectivity index (χ1v) is 6.69. The monoisotopic (exact) mass is 248 g/mol. The van der Waals surface area contributed by atoms with E-state index in [9.17, 15) is 0 Å². The fourth-order valence-corrected chi connectivity index (χ4v) is 2.88. The minimum atomic E-state index is 0.113. The molecule has 0 aromatic heterocycles. The van der Waals surface area contributed by atoms with Crippen LogP contribution >= 0.6 is 0 Å². The van der Waals surface area contributed by atoms with Gasteiger partial charge in [-0.3, -0.25) is 0 Å². The molecule has 1 unspecified atom stereocenters. The van der Waals surface area contributed by atoms with Crippen molar-refractivity contribution in [2.24, 2.45) is 0 Å².